The Labute approximate surface area is 159 Å². The number of hydrazine groups is 1. The van der Waals surface area contributed by atoms with Crippen LogP contribution in [0.5, 0.6) is 0 Å². The van der Waals surface area contributed by atoms with Crippen molar-refractivity contribution in [2.45, 2.75) is 12.3 Å². The smallest absolute Gasteiger partial charge is 0.206 e. The Morgan fingerprint density at radius 3 is 2.19 bits per heavy atom. The van der Waals surface area contributed by atoms with E-state index in [1.807, 2.05) is 0 Å². The Morgan fingerprint density at radius 2 is 1.81 bits per heavy atom. The van der Waals surface area contributed by atoms with Crippen LogP contribution in [-0.4, -0.2) is 55.8 Å². The molecule has 2 atom stereocenters. The van der Waals surface area contributed by atoms with Crippen molar-refractivity contribution in [1.29, 1.82) is 5.26 Å². The van der Waals surface area contributed by atoms with E-state index in [2.05, 4.69) is 12.8 Å². The first-order valence-corrected chi connectivity index (χ1v) is 8.17. The molecule has 5 nitrogen and oxygen atoms in total. The van der Waals surface area contributed by atoms with Gasteiger partial charge in [-0.1, -0.05) is 27.9 Å². The van der Waals surface area contributed by atoms with Gasteiger partial charge in [0.05, 0.1) is 32.8 Å². The van der Waals surface area contributed by atoms with Gasteiger partial charge in [-0.05, 0) is 12.1 Å². The van der Waals surface area contributed by atoms with Crippen LogP contribution < -0.4 is 4.59 Å². The second-order valence-electron chi connectivity index (χ2n) is 6.20. The van der Waals surface area contributed by atoms with Crippen molar-refractivity contribution in [2.75, 3.05) is 28.2 Å². The summed E-state index contributed by atoms with van der Waals surface area (Å²) in [7, 11) is 6.85. The minimum Gasteiger partial charge on any atom is -0.206 e. The highest BCUT2D eigenvalue weighted by molar-refractivity contribution is 6.39. The van der Waals surface area contributed by atoms with Crippen LogP contribution in [0.4, 0.5) is 18.9 Å². The van der Waals surface area contributed by atoms with E-state index in [0.29, 0.717) is 5.70 Å². The van der Waals surface area contributed by atoms with Gasteiger partial charge in [0.2, 0.25) is 5.69 Å². The number of allylic oxidation sites excluding steroid dienone is 1. The number of quaternary nitrogens is 1. The number of hydrazone groups is 1. The highest BCUT2D eigenvalue weighted by atomic mass is 35.5. The van der Waals surface area contributed by atoms with Gasteiger partial charge in [0.25, 0.3) is 0 Å². The first-order chi connectivity index (χ1) is 11.9. The lowest BCUT2D eigenvalue weighted by molar-refractivity contribution is -0.708. The number of benzene rings is 1. The Hall–Kier alpha value is -1.95. The zero-order valence-corrected chi connectivity index (χ0v) is 16.2. The normalized spacial score (nSPS) is 22.8. The molecule has 2 rings (SSSR count). The van der Waals surface area contributed by atoms with Crippen LogP contribution in [0.3, 0.4) is 0 Å². The van der Waals surface area contributed by atoms with E-state index in [4.69, 9.17) is 23.2 Å². The van der Waals surface area contributed by atoms with E-state index in [0.717, 1.165) is 12.1 Å². The lowest BCUT2D eigenvalue weighted by Crippen LogP contribution is -2.63. The predicted molar refractivity (Wildman–Crippen MR) is 95.5 cm³/mol. The zero-order valence-electron chi connectivity index (χ0n) is 14.6. The molecular formula is C16H18Cl2F3N5+2. The summed E-state index contributed by atoms with van der Waals surface area (Å²) in [6.45, 7) is 3.96. The topological polar surface area (TPSA) is 33.3 Å². The maximum Gasteiger partial charge on any atom is 0.416 e. The molecule has 0 fully saturated rings. The molecule has 0 saturated heterocycles. The molecule has 2 unspecified atom stereocenters. The standard InChI is InChI=1S/C16H18Cl2F3N5/c1-23(2)24(3)14-8-11(9-22)25(4)26(14,5)15-12(17)6-10(7-13(15)18)16(19,20)21/h6-8,14H,3H2,1-2,4-5H3/q+2. The Kier molecular flexibility index (Phi) is 5.21. The number of alkyl halides is 3. The van der Waals surface area contributed by atoms with E-state index in [-0.39, 0.29) is 20.3 Å². The molecule has 1 aromatic carbocycles. The van der Waals surface area contributed by atoms with E-state index in [1.54, 1.807) is 49.0 Å². The van der Waals surface area contributed by atoms with Crippen molar-refractivity contribution < 1.29 is 17.9 Å². The molecule has 0 saturated carbocycles. The quantitative estimate of drug-likeness (QED) is 0.331. The zero-order chi connectivity index (χ0) is 20.0. The van der Waals surface area contributed by atoms with Gasteiger partial charge in [0, 0.05) is 0 Å². The molecule has 1 aromatic rings. The Bertz CT molecular complexity index is 805. The van der Waals surface area contributed by atoms with Crippen molar-refractivity contribution in [3.05, 3.63) is 39.5 Å². The molecule has 0 aliphatic carbocycles. The predicted octanol–water partition coefficient (Wildman–Crippen LogP) is 3.73. The number of rotatable bonds is 3. The second-order valence-corrected chi connectivity index (χ2v) is 7.01. The fraction of sp³-hybridized carbons (Fsp3) is 0.375. The molecule has 0 spiro atoms. The fourth-order valence-electron chi connectivity index (χ4n) is 2.93. The number of hydrogen-bond donors (Lipinski definition) is 0. The summed E-state index contributed by atoms with van der Waals surface area (Å²) in [5, 5.41) is 12.4. The van der Waals surface area contributed by atoms with E-state index < -0.39 is 17.9 Å². The first kappa shape index (κ1) is 20.4. The number of halogens is 5. The SMILES string of the molecule is C=[N+](C1C=C(C#N)N(C)[N+]1(C)c1c(Cl)cc(C(F)(F)F)cc1Cl)N(C)C. The minimum absolute atomic E-state index is 0.149. The van der Waals surface area contributed by atoms with E-state index >= 15 is 0 Å². The molecule has 0 aromatic heterocycles. The van der Waals surface area contributed by atoms with Gasteiger partial charge >= 0.3 is 12.3 Å². The summed E-state index contributed by atoms with van der Waals surface area (Å²) in [5.74, 6) is 0. The molecule has 0 amide bonds. The largest absolute Gasteiger partial charge is 0.416 e. The minimum atomic E-state index is -4.57. The fourth-order valence-corrected chi connectivity index (χ4v) is 3.76. The third-order valence-corrected chi connectivity index (χ3v) is 5.10. The average molecular weight is 408 g/mol. The number of hydrogen-bond acceptors (Lipinski definition) is 3. The molecule has 140 valence electrons. The Morgan fingerprint density at radius 1 is 1.31 bits per heavy atom. The summed E-state index contributed by atoms with van der Waals surface area (Å²) in [4.78, 5) is 0. The maximum atomic E-state index is 13.0. The molecule has 0 bridgehead atoms. The van der Waals surface area contributed by atoms with Crippen molar-refractivity contribution in [3.8, 4) is 6.07 Å². The summed E-state index contributed by atoms with van der Waals surface area (Å²) >= 11 is 12.5. The number of likely N-dealkylation sites (N-methyl/N-ethyl adjacent to an activating group) is 1. The van der Waals surface area contributed by atoms with Crippen molar-refractivity contribution in [1.82, 2.24) is 14.6 Å². The lowest BCUT2D eigenvalue weighted by atomic mass is 10.1. The lowest BCUT2D eigenvalue weighted by Gasteiger charge is -2.38. The molecule has 0 radical (unpaired) electrons. The van der Waals surface area contributed by atoms with Gasteiger partial charge in [-0.3, -0.25) is 0 Å². The van der Waals surface area contributed by atoms with Gasteiger partial charge in [-0.15, -0.1) is 4.59 Å². The molecule has 10 heteroatoms. The van der Waals surface area contributed by atoms with E-state index in [1.165, 1.54) is 0 Å². The summed E-state index contributed by atoms with van der Waals surface area (Å²) < 4.78 is 40.6. The van der Waals surface area contributed by atoms with Gasteiger partial charge in [-0.25, -0.2) is 5.01 Å². The van der Waals surface area contributed by atoms with Crippen molar-refractivity contribution in [3.63, 3.8) is 0 Å². The highest BCUT2D eigenvalue weighted by Gasteiger charge is 2.55. The first-order valence-electron chi connectivity index (χ1n) is 7.41. The van der Waals surface area contributed by atoms with Gasteiger partial charge in [-0.2, -0.15) is 23.4 Å². The van der Waals surface area contributed by atoms with Crippen LogP contribution in [0.25, 0.3) is 0 Å². The number of nitriles is 1. The average Bonchev–Trinajstić information content (AvgIpc) is 2.77. The summed E-state index contributed by atoms with van der Waals surface area (Å²) in [5.41, 5.74) is -0.375. The van der Waals surface area contributed by atoms with Crippen molar-refractivity contribution in [2.24, 2.45) is 0 Å². The monoisotopic (exact) mass is 407 g/mol. The molecule has 1 heterocycles. The molecular weight excluding hydrogens is 390 g/mol. The molecule has 26 heavy (non-hydrogen) atoms. The van der Waals surface area contributed by atoms with Gasteiger partial charge in [0.15, 0.2) is 12.4 Å². The molecule has 1 aliphatic rings. The highest BCUT2D eigenvalue weighted by Crippen LogP contribution is 2.46. The Balaban J connectivity index is 2.72. The third-order valence-electron chi connectivity index (χ3n) is 4.52. The molecule has 0 N–H and O–H groups in total. The molecule has 1 aliphatic heterocycles. The van der Waals surface area contributed by atoms with Gasteiger partial charge < -0.3 is 0 Å². The van der Waals surface area contributed by atoms with Crippen LogP contribution in [0.2, 0.25) is 10.0 Å². The van der Waals surface area contributed by atoms with Crippen LogP contribution in [0, 0.1) is 11.3 Å². The summed E-state index contributed by atoms with van der Waals surface area (Å²) in [6, 6.07) is 3.75. The maximum absolute atomic E-state index is 13.0. The second kappa shape index (κ2) is 6.65. The number of nitrogens with zero attached hydrogens (tertiary/aromatic N) is 5. The van der Waals surface area contributed by atoms with E-state index in [9.17, 15) is 18.4 Å². The van der Waals surface area contributed by atoms with Crippen LogP contribution in [-0.2, 0) is 6.18 Å². The van der Waals surface area contributed by atoms with Crippen LogP contribution in [0.1, 0.15) is 5.56 Å². The van der Waals surface area contributed by atoms with Gasteiger partial charge in [0.1, 0.15) is 23.2 Å². The van der Waals surface area contributed by atoms with Crippen LogP contribution in [0.15, 0.2) is 23.9 Å². The summed E-state index contributed by atoms with van der Waals surface area (Å²) in [6.07, 6.45) is -3.45. The third kappa shape index (κ3) is 3.11. The van der Waals surface area contributed by atoms with Crippen LogP contribution >= 0.6 is 23.2 Å². The van der Waals surface area contributed by atoms with Crippen molar-refractivity contribution >= 4 is 35.6 Å².